The average molecular weight is 436 g/mol. The molecular weight excluding hydrogens is 418 g/mol. The van der Waals surface area contributed by atoms with Gasteiger partial charge < -0.3 is 5.32 Å². The second-order valence-electron chi connectivity index (χ2n) is 7.18. The molecule has 0 saturated heterocycles. The third kappa shape index (κ3) is 3.98. The normalized spacial score (nSPS) is 17.0. The summed E-state index contributed by atoms with van der Waals surface area (Å²) in [7, 11) is 0. The lowest BCUT2D eigenvalue weighted by Gasteiger charge is -2.26. The van der Waals surface area contributed by atoms with E-state index in [0.717, 1.165) is 28.2 Å². The van der Waals surface area contributed by atoms with E-state index < -0.39 is 12.3 Å². The van der Waals surface area contributed by atoms with Crippen molar-refractivity contribution in [2.45, 2.75) is 29.1 Å². The molecule has 2 aromatic carbocycles. The van der Waals surface area contributed by atoms with Crippen LogP contribution in [0.5, 0.6) is 0 Å². The number of nitrogens with one attached hydrogen (secondary N) is 2. The number of aliphatic imine (C=N–C) groups is 1. The van der Waals surface area contributed by atoms with Crippen LogP contribution in [0.15, 0.2) is 104 Å². The number of hydrogen-bond donors (Lipinski definition) is 2. The van der Waals surface area contributed by atoms with Crippen LogP contribution in [0.2, 0.25) is 0 Å². The molecule has 2 heterocycles. The first kappa shape index (κ1) is 19.6. The molecule has 1 aliphatic carbocycles. The van der Waals surface area contributed by atoms with Crippen molar-refractivity contribution in [3.8, 4) is 0 Å². The summed E-state index contributed by atoms with van der Waals surface area (Å²) in [5.74, 6) is -0.219. The van der Waals surface area contributed by atoms with Crippen molar-refractivity contribution >= 4 is 29.2 Å². The number of halogens is 2. The molecule has 0 bridgehead atoms. The van der Waals surface area contributed by atoms with Gasteiger partial charge in [-0.3, -0.25) is 10.2 Å². The number of carbonyl (C=O) groups is 1. The van der Waals surface area contributed by atoms with Crippen LogP contribution in [-0.4, -0.2) is 23.2 Å². The van der Waals surface area contributed by atoms with Crippen molar-refractivity contribution in [2.75, 3.05) is 5.32 Å². The number of para-hydroxylation sites is 1. The average Bonchev–Trinajstić information content (AvgIpc) is 3.54. The summed E-state index contributed by atoms with van der Waals surface area (Å²) in [6, 6.07) is 17.3. The number of rotatable bonds is 5. The fourth-order valence-electron chi connectivity index (χ4n) is 3.32. The lowest BCUT2D eigenvalue weighted by Crippen LogP contribution is -2.39. The van der Waals surface area contributed by atoms with Gasteiger partial charge in [0.25, 0.3) is 12.3 Å². The lowest BCUT2D eigenvalue weighted by atomic mass is 10.2. The number of nitrogens with zero attached hydrogens (tertiary/aromatic N) is 2. The Hall–Kier alpha value is -3.39. The van der Waals surface area contributed by atoms with Crippen molar-refractivity contribution in [1.82, 2.24) is 10.4 Å². The molecule has 1 saturated carbocycles. The second kappa shape index (κ2) is 8.03. The summed E-state index contributed by atoms with van der Waals surface area (Å²) in [6.45, 7) is 0. The van der Waals surface area contributed by atoms with E-state index in [-0.39, 0.29) is 17.1 Å². The number of hydrogen-bond acceptors (Lipinski definition) is 5. The summed E-state index contributed by atoms with van der Waals surface area (Å²) in [4.78, 5) is 19.5. The van der Waals surface area contributed by atoms with Crippen molar-refractivity contribution in [3.63, 3.8) is 0 Å². The molecule has 1 fully saturated rings. The Labute approximate surface area is 182 Å². The molecule has 5 nitrogen and oxygen atoms in total. The highest BCUT2D eigenvalue weighted by Crippen LogP contribution is 2.38. The minimum atomic E-state index is -2.69. The zero-order valence-corrected chi connectivity index (χ0v) is 17.1. The van der Waals surface area contributed by atoms with Crippen LogP contribution in [0.1, 0.15) is 12.8 Å². The molecule has 2 N–H and O–H groups in total. The van der Waals surface area contributed by atoms with E-state index in [1.165, 1.54) is 29.0 Å². The largest absolute Gasteiger partial charge is 0.321 e. The van der Waals surface area contributed by atoms with Gasteiger partial charge in [0.05, 0.1) is 11.4 Å². The molecule has 0 radical (unpaired) electrons. The lowest BCUT2D eigenvalue weighted by molar-refractivity contribution is -0.112. The van der Waals surface area contributed by atoms with E-state index in [1.807, 2.05) is 54.6 Å². The van der Waals surface area contributed by atoms with Crippen LogP contribution in [-0.2, 0) is 4.79 Å². The minimum absolute atomic E-state index is 0.192. The first-order valence-electron chi connectivity index (χ1n) is 9.81. The van der Waals surface area contributed by atoms with E-state index in [4.69, 9.17) is 0 Å². The molecule has 0 aromatic heterocycles. The molecule has 0 spiro atoms. The van der Waals surface area contributed by atoms with Gasteiger partial charge in [-0.1, -0.05) is 42.1 Å². The second-order valence-corrected chi connectivity index (χ2v) is 8.30. The summed E-state index contributed by atoms with van der Waals surface area (Å²) < 4.78 is 27.2. The number of hydrazine groups is 1. The van der Waals surface area contributed by atoms with Crippen LogP contribution in [0.3, 0.4) is 0 Å². The molecule has 5 rings (SSSR count). The van der Waals surface area contributed by atoms with Crippen molar-refractivity contribution in [2.24, 2.45) is 4.99 Å². The Bertz CT molecular complexity index is 1170. The Balaban J connectivity index is 1.39. The van der Waals surface area contributed by atoms with E-state index >= 15 is 0 Å². The molecule has 3 aliphatic rings. The van der Waals surface area contributed by atoms with Gasteiger partial charge >= 0.3 is 0 Å². The highest BCUT2D eigenvalue weighted by molar-refractivity contribution is 7.99. The van der Waals surface area contributed by atoms with Gasteiger partial charge in [-0.25, -0.2) is 18.8 Å². The van der Waals surface area contributed by atoms with Gasteiger partial charge in [0.15, 0.2) is 5.84 Å². The van der Waals surface area contributed by atoms with Gasteiger partial charge in [-0.2, -0.15) is 0 Å². The topological polar surface area (TPSA) is 56.7 Å². The number of carbonyl (C=O) groups excluding carboxylic acids is 1. The monoisotopic (exact) mass is 436 g/mol. The van der Waals surface area contributed by atoms with Crippen LogP contribution >= 0.6 is 11.8 Å². The zero-order chi connectivity index (χ0) is 21.4. The molecular formula is C23H18F2N4OS. The molecule has 2 aliphatic heterocycles. The predicted molar refractivity (Wildman–Crippen MR) is 116 cm³/mol. The number of amidine groups is 1. The molecule has 2 aromatic rings. The number of alkyl halides is 2. The quantitative estimate of drug-likeness (QED) is 0.686. The Morgan fingerprint density at radius 2 is 1.84 bits per heavy atom. The van der Waals surface area contributed by atoms with Gasteiger partial charge in [-0.05, 0) is 48.8 Å². The Morgan fingerprint density at radius 1 is 1.10 bits per heavy atom. The number of fused-ring (bicyclic) bond motifs is 1. The SMILES string of the molecule is O=C(Nc1ccccc1Sc1ccccc1)C1=CNN2C(C(F)F)=CC(=C3CC3)N=C12. The molecule has 156 valence electrons. The van der Waals surface area contributed by atoms with Gasteiger partial charge in [-0.15, -0.1) is 0 Å². The molecule has 31 heavy (non-hydrogen) atoms. The van der Waals surface area contributed by atoms with E-state index in [1.54, 1.807) is 0 Å². The van der Waals surface area contributed by atoms with Crippen LogP contribution in [0, 0.1) is 0 Å². The van der Waals surface area contributed by atoms with E-state index in [0.29, 0.717) is 11.4 Å². The molecule has 0 unspecified atom stereocenters. The summed E-state index contributed by atoms with van der Waals surface area (Å²) in [6.07, 6.45) is 1.82. The maximum atomic E-state index is 13.6. The predicted octanol–water partition coefficient (Wildman–Crippen LogP) is 5.09. The highest BCUT2D eigenvalue weighted by atomic mass is 32.2. The maximum absolute atomic E-state index is 13.6. The third-order valence-corrected chi connectivity index (χ3v) is 6.08. The van der Waals surface area contributed by atoms with Gasteiger partial charge in [0, 0.05) is 16.0 Å². The fourth-order valence-corrected chi connectivity index (χ4v) is 4.25. The number of amides is 1. The van der Waals surface area contributed by atoms with Crippen molar-refractivity contribution in [1.29, 1.82) is 0 Å². The summed E-state index contributed by atoms with van der Waals surface area (Å²) in [5, 5.41) is 4.09. The standard InChI is InChI=1S/C23H18F2N4OS/c24-21(25)19-12-18(14-10-11-14)27-22-16(13-26-29(19)22)23(30)28-17-8-4-5-9-20(17)31-15-6-2-1-3-7-15/h1-9,12-13,21,26H,10-11H2,(H,28,30). The van der Waals surface area contributed by atoms with Crippen LogP contribution in [0.4, 0.5) is 14.5 Å². The maximum Gasteiger partial charge on any atom is 0.280 e. The zero-order valence-electron chi connectivity index (χ0n) is 16.3. The van der Waals surface area contributed by atoms with Crippen LogP contribution < -0.4 is 10.7 Å². The first-order valence-corrected chi connectivity index (χ1v) is 10.6. The smallest absolute Gasteiger partial charge is 0.280 e. The number of benzene rings is 2. The summed E-state index contributed by atoms with van der Waals surface area (Å²) >= 11 is 1.53. The third-order valence-electron chi connectivity index (χ3n) is 5.00. The highest BCUT2D eigenvalue weighted by Gasteiger charge is 2.36. The number of allylic oxidation sites excluding steroid dienone is 3. The molecule has 1 amide bonds. The first-order chi connectivity index (χ1) is 15.1. The van der Waals surface area contributed by atoms with Crippen molar-refractivity contribution in [3.05, 3.63) is 89.4 Å². The summed E-state index contributed by atoms with van der Waals surface area (Å²) in [5.41, 5.74) is 4.95. The number of anilines is 1. The van der Waals surface area contributed by atoms with Gasteiger partial charge in [0.1, 0.15) is 11.3 Å². The Kier molecular flexibility index (Phi) is 5.07. The van der Waals surface area contributed by atoms with Crippen LogP contribution in [0.25, 0.3) is 0 Å². The minimum Gasteiger partial charge on any atom is -0.321 e. The molecule has 0 atom stereocenters. The van der Waals surface area contributed by atoms with E-state index in [9.17, 15) is 13.6 Å². The van der Waals surface area contributed by atoms with E-state index in [2.05, 4.69) is 15.7 Å². The Morgan fingerprint density at radius 3 is 2.58 bits per heavy atom. The van der Waals surface area contributed by atoms with Crippen molar-refractivity contribution < 1.29 is 13.6 Å². The molecule has 8 heteroatoms. The van der Waals surface area contributed by atoms with Gasteiger partial charge in [0.2, 0.25) is 0 Å². The fraction of sp³-hybridized carbons (Fsp3) is 0.130.